The summed E-state index contributed by atoms with van der Waals surface area (Å²) in [7, 11) is 0. The minimum absolute atomic E-state index is 0.0963. The molecule has 0 aromatic heterocycles. The highest BCUT2D eigenvalue weighted by atomic mass is 16.2. The third kappa shape index (κ3) is 5.70. The summed E-state index contributed by atoms with van der Waals surface area (Å²) >= 11 is 0. The van der Waals surface area contributed by atoms with Gasteiger partial charge in [-0.25, -0.2) is 0 Å². The van der Waals surface area contributed by atoms with E-state index in [-0.39, 0.29) is 17.4 Å². The summed E-state index contributed by atoms with van der Waals surface area (Å²) in [6, 6.07) is 6.91. The number of amides is 2. The molecule has 126 valence electrons. The van der Waals surface area contributed by atoms with Crippen LogP contribution in [0.2, 0.25) is 0 Å². The Kier molecular flexibility index (Phi) is 5.80. The number of benzene rings is 1. The summed E-state index contributed by atoms with van der Waals surface area (Å²) in [5.74, 6) is 0.348. The summed E-state index contributed by atoms with van der Waals surface area (Å²) < 4.78 is 0. The molecule has 0 atom stereocenters. The second-order valence-electron chi connectivity index (χ2n) is 7.50. The monoisotopic (exact) mass is 316 g/mol. The van der Waals surface area contributed by atoms with Crippen LogP contribution in [-0.4, -0.2) is 23.9 Å². The van der Waals surface area contributed by atoms with Crippen molar-refractivity contribution in [3.05, 3.63) is 35.4 Å². The van der Waals surface area contributed by atoms with Crippen molar-refractivity contribution in [1.82, 2.24) is 10.6 Å². The Bertz CT molecular complexity index is 555. The molecule has 0 bridgehead atoms. The largest absolute Gasteiger partial charge is 0.352 e. The van der Waals surface area contributed by atoms with E-state index in [0.29, 0.717) is 17.0 Å². The molecular weight excluding hydrogens is 288 g/mol. The molecule has 23 heavy (non-hydrogen) atoms. The average molecular weight is 316 g/mol. The highest BCUT2D eigenvalue weighted by molar-refractivity contribution is 5.99. The summed E-state index contributed by atoms with van der Waals surface area (Å²) in [5.41, 5.74) is 0.767. The van der Waals surface area contributed by atoms with Gasteiger partial charge in [-0.05, 0) is 57.7 Å². The van der Waals surface area contributed by atoms with E-state index in [2.05, 4.69) is 10.6 Å². The van der Waals surface area contributed by atoms with Gasteiger partial charge in [-0.2, -0.15) is 0 Å². The molecule has 0 radical (unpaired) electrons. The fraction of sp³-hybridized carbons (Fsp3) is 0.579. The third-order valence-electron chi connectivity index (χ3n) is 4.15. The molecule has 4 nitrogen and oxygen atoms in total. The molecule has 0 aliphatic heterocycles. The van der Waals surface area contributed by atoms with Crippen molar-refractivity contribution in [3.8, 4) is 0 Å². The first-order valence-corrected chi connectivity index (χ1v) is 8.56. The maximum absolute atomic E-state index is 12.3. The van der Waals surface area contributed by atoms with Crippen LogP contribution < -0.4 is 10.6 Å². The lowest BCUT2D eigenvalue weighted by atomic mass is 9.89. The number of hydrogen-bond donors (Lipinski definition) is 2. The summed E-state index contributed by atoms with van der Waals surface area (Å²) in [5, 5.41) is 5.93. The Morgan fingerprint density at radius 2 is 1.65 bits per heavy atom. The molecule has 1 aromatic rings. The first-order chi connectivity index (χ1) is 10.8. The van der Waals surface area contributed by atoms with Gasteiger partial charge in [-0.1, -0.05) is 25.3 Å². The van der Waals surface area contributed by atoms with Crippen molar-refractivity contribution in [3.63, 3.8) is 0 Å². The second kappa shape index (κ2) is 7.62. The maximum atomic E-state index is 12.3. The number of hydrogen-bond acceptors (Lipinski definition) is 2. The number of carbonyl (C=O) groups excluding carboxylic acids is 2. The lowest BCUT2D eigenvalue weighted by Crippen LogP contribution is -2.40. The fourth-order valence-electron chi connectivity index (χ4n) is 2.94. The average Bonchev–Trinajstić information content (AvgIpc) is 2.52. The molecule has 2 rings (SSSR count). The Morgan fingerprint density at radius 3 is 2.26 bits per heavy atom. The highest BCUT2D eigenvalue weighted by Crippen LogP contribution is 2.22. The molecule has 2 N–H and O–H groups in total. The SMILES string of the molecule is CC(C)(C)NC(=O)c1cccc(C(=O)NCC2CCCCC2)c1. The zero-order chi connectivity index (χ0) is 16.9. The van der Waals surface area contributed by atoms with E-state index in [0.717, 1.165) is 6.54 Å². The van der Waals surface area contributed by atoms with Gasteiger partial charge < -0.3 is 10.6 Å². The Labute approximate surface area is 139 Å². The van der Waals surface area contributed by atoms with Gasteiger partial charge in [0.05, 0.1) is 0 Å². The fourth-order valence-corrected chi connectivity index (χ4v) is 2.94. The summed E-state index contributed by atoms with van der Waals surface area (Å²) in [4.78, 5) is 24.5. The molecule has 4 heteroatoms. The van der Waals surface area contributed by atoms with Crippen molar-refractivity contribution in [1.29, 1.82) is 0 Å². The van der Waals surface area contributed by atoms with E-state index in [9.17, 15) is 9.59 Å². The molecule has 1 aliphatic rings. The third-order valence-corrected chi connectivity index (χ3v) is 4.15. The lowest BCUT2D eigenvalue weighted by Gasteiger charge is -2.22. The molecule has 0 heterocycles. The zero-order valence-electron chi connectivity index (χ0n) is 14.4. The minimum atomic E-state index is -0.295. The van der Waals surface area contributed by atoms with E-state index in [1.54, 1.807) is 24.3 Å². The van der Waals surface area contributed by atoms with Crippen LogP contribution >= 0.6 is 0 Å². The van der Waals surface area contributed by atoms with Gasteiger partial charge in [0.1, 0.15) is 0 Å². The van der Waals surface area contributed by atoms with Gasteiger partial charge >= 0.3 is 0 Å². The van der Waals surface area contributed by atoms with Crippen molar-refractivity contribution in [2.24, 2.45) is 5.92 Å². The normalized spacial score (nSPS) is 16.0. The molecule has 1 saturated carbocycles. The van der Waals surface area contributed by atoms with E-state index < -0.39 is 0 Å². The van der Waals surface area contributed by atoms with Crippen molar-refractivity contribution in [2.75, 3.05) is 6.54 Å². The van der Waals surface area contributed by atoms with Crippen LogP contribution in [0, 0.1) is 5.92 Å². The van der Waals surface area contributed by atoms with Crippen LogP contribution in [0.3, 0.4) is 0 Å². The van der Waals surface area contributed by atoms with Crippen molar-refractivity contribution >= 4 is 11.8 Å². The molecule has 2 amide bonds. The van der Waals surface area contributed by atoms with Gasteiger partial charge in [0.25, 0.3) is 11.8 Å². The first-order valence-electron chi connectivity index (χ1n) is 8.56. The highest BCUT2D eigenvalue weighted by Gasteiger charge is 2.18. The van der Waals surface area contributed by atoms with Crippen molar-refractivity contribution < 1.29 is 9.59 Å². The predicted octanol–water partition coefficient (Wildman–Crippen LogP) is 3.53. The molecule has 1 aliphatic carbocycles. The first kappa shape index (κ1) is 17.5. The zero-order valence-corrected chi connectivity index (χ0v) is 14.4. The quantitative estimate of drug-likeness (QED) is 0.893. The van der Waals surface area contributed by atoms with E-state index in [1.165, 1.54) is 32.1 Å². The number of nitrogens with one attached hydrogen (secondary N) is 2. The Balaban J connectivity index is 1.95. The van der Waals surface area contributed by atoms with Gasteiger partial charge in [0.2, 0.25) is 0 Å². The molecular formula is C19H28N2O2. The maximum Gasteiger partial charge on any atom is 0.251 e. The Hall–Kier alpha value is -1.84. The van der Waals surface area contributed by atoms with Crippen LogP contribution in [0.25, 0.3) is 0 Å². The van der Waals surface area contributed by atoms with Gasteiger partial charge in [0.15, 0.2) is 0 Å². The van der Waals surface area contributed by atoms with E-state index in [4.69, 9.17) is 0 Å². The Morgan fingerprint density at radius 1 is 1.04 bits per heavy atom. The van der Waals surface area contributed by atoms with Crippen LogP contribution in [0.5, 0.6) is 0 Å². The van der Waals surface area contributed by atoms with Gasteiger partial charge in [-0.15, -0.1) is 0 Å². The van der Waals surface area contributed by atoms with Crippen LogP contribution in [0.4, 0.5) is 0 Å². The number of carbonyl (C=O) groups is 2. The predicted molar refractivity (Wildman–Crippen MR) is 92.6 cm³/mol. The molecule has 0 saturated heterocycles. The smallest absolute Gasteiger partial charge is 0.251 e. The van der Waals surface area contributed by atoms with Gasteiger partial charge in [0, 0.05) is 23.2 Å². The minimum Gasteiger partial charge on any atom is -0.352 e. The number of rotatable bonds is 4. The van der Waals surface area contributed by atoms with E-state index in [1.807, 2.05) is 20.8 Å². The molecule has 1 fully saturated rings. The molecule has 0 spiro atoms. The lowest BCUT2D eigenvalue weighted by molar-refractivity contribution is 0.0919. The van der Waals surface area contributed by atoms with Gasteiger partial charge in [-0.3, -0.25) is 9.59 Å². The van der Waals surface area contributed by atoms with Crippen LogP contribution in [-0.2, 0) is 0 Å². The molecule has 0 unspecified atom stereocenters. The standard InChI is InChI=1S/C19H28N2O2/c1-19(2,3)21-18(23)16-11-7-10-15(12-16)17(22)20-13-14-8-5-4-6-9-14/h7,10-12,14H,4-6,8-9,13H2,1-3H3,(H,20,22)(H,21,23). The van der Waals surface area contributed by atoms with Crippen LogP contribution in [0.1, 0.15) is 73.6 Å². The second-order valence-corrected chi connectivity index (χ2v) is 7.50. The van der Waals surface area contributed by atoms with Crippen LogP contribution in [0.15, 0.2) is 24.3 Å². The molecule has 1 aromatic carbocycles. The topological polar surface area (TPSA) is 58.2 Å². The van der Waals surface area contributed by atoms with Crippen molar-refractivity contribution in [2.45, 2.75) is 58.4 Å². The summed E-state index contributed by atoms with van der Waals surface area (Å²) in [6.45, 7) is 6.54. The van der Waals surface area contributed by atoms with E-state index >= 15 is 0 Å². The summed E-state index contributed by atoms with van der Waals surface area (Å²) in [6.07, 6.45) is 6.25.